The highest BCUT2D eigenvalue weighted by Gasteiger charge is 2.17. The quantitative estimate of drug-likeness (QED) is 0.866. The minimum atomic E-state index is -0.129. The Hall–Kier alpha value is -1.07. The molecule has 3 N–H and O–H groups in total. The molecule has 0 bridgehead atoms. The van der Waals surface area contributed by atoms with Gasteiger partial charge in [-0.1, -0.05) is 34.8 Å². The molecule has 0 heterocycles. The largest absolute Gasteiger partial charge is 0.483 e. The number of rotatable bonds is 5. The summed E-state index contributed by atoms with van der Waals surface area (Å²) >= 11 is 3.40. The van der Waals surface area contributed by atoms with Crippen LogP contribution in [-0.2, 0) is 4.79 Å². The van der Waals surface area contributed by atoms with Gasteiger partial charge in [-0.25, -0.2) is 0 Å². The van der Waals surface area contributed by atoms with Gasteiger partial charge < -0.3 is 15.8 Å². The van der Waals surface area contributed by atoms with Crippen LogP contribution in [0.5, 0.6) is 5.75 Å². The Morgan fingerprint density at radius 1 is 1.50 bits per heavy atom. The van der Waals surface area contributed by atoms with Crippen molar-refractivity contribution in [2.45, 2.75) is 44.7 Å². The molecule has 20 heavy (non-hydrogen) atoms. The highest BCUT2D eigenvalue weighted by molar-refractivity contribution is 9.10. The lowest BCUT2D eigenvalue weighted by Crippen LogP contribution is -2.36. The topological polar surface area (TPSA) is 64.3 Å². The van der Waals surface area contributed by atoms with E-state index in [0.717, 1.165) is 22.9 Å². The Morgan fingerprint density at radius 2 is 2.20 bits per heavy atom. The second-order valence-electron chi connectivity index (χ2n) is 5.31. The van der Waals surface area contributed by atoms with Crippen molar-refractivity contribution in [1.82, 2.24) is 5.32 Å². The number of hydrogen-bond donors (Lipinski definition) is 2. The van der Waals surface area contributed by atoms with Gasteiger partial charge in [0, 0.05) is 22.1 Å². The number of hydrogen-bond acceptors (Lipinski definition) is 3. The maximum atomic E-state index is 11.9. The van der Waals surface area contributed by atoms with Gasteiger partial charge in [-0.2, -0.15) is 0 Å². The summed E-state index contributed by atoms with van der Waals surface area (Å²) in [4.78, 5) is 11.9. The van der Waals surface area contributed by atoms with Crippen LogP contribution >= 0.6 is 15.9 Å². The van der Waals surface area contributed by atoms with E-state index in [-0.39, 0.29) is 18.6 Å². The van der Waals surface area contributed by atoms with Crippen LogP contribution in [0.25, 0.3) is 0 Å². The normalized spacial score (nSPS) is 16.9. The first-order chi connectivity index (χ1) is 9.56. The molecule has 0 unspecified atom stereocenters. The predicted octanol–water partition coefficient (Wildman–Crippen LogP) is 2.91. The number of carbonyl (C=O) groups is 1. The summed E-state index contributed by atoms with van der Waals surface area (Å²) in [6.07, 6.45) is 4.56. The lowest BCUT2D eigenvalue weighted by molar-refractivity contribution is -0.123. The lowest BCUT2D eigenvalue weighted by atomic mass is 10.1. The third-order valence-electron chi connectivity index (χ3n) is 3.55. The van der Waals surface area contributed by atoms with Gasteiger partial charge in [0.25, 0.3) is 5.91 Å². The first-order valence-corrected chi connectivity index (χ1v) is 7.83. The zero-order chi connectivity index (χ0) is 14.5. The summed E-state index contributed by atoms with van der Waals surface area (Å²) in [5.74, 6) is 0.600. The van der Waals surface area contributed by atoms with Crippen molar-refractivity contribution in [3.63, 3.8) is 0 Å². The SMILES string of the molecule is C[C@@H](N)c1ccc(Br)cc1OCC(=O)NC1CCCC1. The number of halogens is 1. The third-order valence-corrected chi connectivity index (χ3v) is 4.04. The van der Waals surface area contributed by atoms with E-state index in [1.807, 2.05) is 25.1 Å². The third kappa shape index (κ3) is 4.21. The maximum absolute atomic E-state index is 11.9. The van der Waals surface area contributed by atoms with Gasteiger partial charge in [-0.05, 0) is 31.9 Å². The van der Waals surface area contributed by atoms with E-state index < -0.39 is 0 Å². The Balaban J connectivity index is 1.92. The van der Waals surface area contributed by atoms with E-state index in [4.69, 9.17) is 10.5 Å². The molecule has 0 spiro atoms. The minimum Gasteiger partial charge on any atom is -0.483 e. The maximum Gasteiger partial charge on any atom is 0.258 e. The van der Waals surface area contributed by atoms with Gasteiger partial charge in [0.1, 0.15) is 5.75 Å². The standard InChI is InChI=1S/C15H21BrN2O2/c1-10(17)13-7-6-11(16)8-14(13)20-9-15(19)18-12-4-2-3-5-12/h6-8,10,12H,2-5,9,17H2,1H3,(H,18,19)/t10-/m1/s1. The Morgan fingerprint density at radius 3 is 2.85 bits per heavy atom. The smallest absolute Gasteiger partial charge is 0.258 e. The average molecular weight is 341 g/mol. The van der Waals surface area contributed by atoms with Crippen molar-refractivity contribution in [1.29, 1.82) is 0 Å². The summed E-state index contributed by atoms with van der Waals surface area (Å²) in [5.41, 5.74) is 6.81. The fourth-order valence-electron chi connectivity index (χ4n) is 2.49. The van der Waals surface area contributed by atoms with Crippen LogP contribution in [0, 0.1) is 0 Å². The van der Waals surface area contributed by atoms with Crippen LogP contribution in [-0.4, -0.2) is 18.6 Å². The molecule has 1 fully saturated rings. The molecule has 5 heteroatoms. The van der Waals surface area contributed by atoms with Crippen molar-refractivity contribution < 1.29 is 9.53 Å². The molecule has 1 atom stereocenters. The number of nitrogens with one attached hydrogen (secondary N) is 1. The highest BCUT2D eigenvalue weighted by Crippen LogP contribution is 2.27. The van der Waals surface area contributed by atoms with Gasteiger partial charge in [0.15, 0.2) is 6.61 Å². The van der Waals surface area contributed by atoms with Crippen LogP contribution < -0.4 is 15.8 Å². The molecule has 1 aliphatic rings. The molecule has 0 aliphatic heterocycles. The summed E-state index contributed by atoms with van der Waals surface area (Å²) < 4.78 is 6.54. The molecule has 1 aromatic rings. The van der Waals surface area contributed by atoms with E-state index in [1.165, 1.54) is 12.8 Å². The van der Waals surface area contributed by atoms with Crippen LogP contribution in [0.3, 0.4) is 0 Å². The fraction of sp³-hybridized carbons (Fsp3) is 0.533. The predicted molar refractivity (Wildman–Crippen MR) is 82.6 cm³/mol. The van der Waals surface area contributed by atoms with Crippen molar-refractivity contribution in [3.8, 4) is 5.75 Å². The van der Waals surface area contributed by atoms with E-state index >= 15 is 0 Å². The van der Waals surface area contributed by atoms with Crippen LogP contribution in [0.2, 0.25) is 0 Å². The zero-order valence-electron chi connectivity index (χ0n) is 11.7. The molecule has 0 aromatic heterocycles. The molecule has 1 saturated carbocycles. The Labute approximate surface area is 128 Å². The molecular weight excluding hydrogens is 320 g/mol. The van der Waals surface area contributed by atoms with E-state index in [9.17, 15) is 4.79 Å². The van der Waals surface area contributed by atoms with Crippen molar-refractivity contribution in [2.75, 3.05) is 6.61 Å². The van der Waals surface area contributed by atoms with E-state index in [0.29, 0.717) is 11.8 Å². The first kappa shape index (κ1) is 15.3. The number of nitrogens with two attached hydrogens (primary N) is 1. The molecule has 0 saturated heterocycles. The molecule has 1 amide bonds. The Kier molecular flexibility index (Phi) is 5.43. The van der Waals surface area contributed by atoms with Crippen molar-refractivity contribution in [3.05, 3.63) is 28.2 Å². The zero-order valence-corrected chi connectivity index (χ0v) is 13.3. The van der Waals surface area contributed by atoms with Crippen molar-refractivity contribution in [2.24, 2.45) is 5.73 Å². The number of ether oxygens (including phenoxy) is 1. The van der Waals surface area contributed by atoms with Gasteiger partial charge >= 0.3 is 0 Å². The summed E-state index contributed by atoms with van der Waals surface area (Å²) in [6, 6.07) is 5.88. The van der Waals surface area contributed by atoms with Crippen LogP contribution in [0.15, 0.2) is 22.7 Å². The van der Waals surface area contributed by atoms with Crippen LogP contribution in [0.4, 0.5) is 0 Å². The summed E-state index contributed by atoms with van der Waals surface area (Å²) in [7, 11) is 0. The molecule has 0 radical (unpaired) electrons. The minimum absolute atomic E-state index is 0.0344. The molecule has 4 nitrogen and oxygen atoms in total. The molecule has 110 valence electrons. The van der Waals surface area contributed by atoms with Gasteiger partial charge in [-0.15, -0.1) is 0 Å². The average Bonchev–Trinajstić information content (AvgIpc) is 2.89. The number of amides is 1. The molecule has 2 rings (SSSR count). The van der Waals surface area contributed by atoms with Crippen molar-refractivity contribution >= 4 is 21.8 Å². The van der Waals surface area contributed by atoms with Crippen LogP contribution in [0.1, 0.15) is 44.2 Å². The fourth-order valence-corrected chi connectivity index (χ4v) is 2.83. The molecular formula is C15H21BrN2O2. The second-order valence-corrected chi connectivity index (χ2v) is 6.22. The number of carbonyl (C=O) groups excluding carboxylic acids is 1. The Bertz CT molecular complexity index is 471. The number of benzene rings is 1. The lowest BCUT2D eigenvalue weighted by Gasteiger charge is -2.16. The van der Waals surface area contributed by atoms with Gasteiger partial charge in [0.05, 0.1) is 0 Å². The monoisotopic (exact) mass is 340 g/mol. The molecule has 1 aromatic carbocycles. The van der Waals surface area contributed by atoms with Gasteiger partial charge in [-0.3, -0.25) is 4.79 Å². The first-order valence-electron chi connectivity index (χ1n) is 7.03. The summed E-state index contributed by atoms with van der Waals surface area (Å²) in [5, 5.41) is 3.01. The van der Waals surface area contributed by atoms with Gasteiger partial charge in [0.2, 0.25) is 0 Å². The summed E-state index contributed by atoms with van der Waals surface area (Å²) in [6.45, 7) is 1.93. The second kappa shape index (κ2) is 7.09. The highest BCUT2D eigenvalue weighted by atomic mass is 79.9. The van der Waals surface area contributed by atoms with E-state index in [2.05, 4.69) is 21.2 Å². The van der Waals surface area contributed by atoms with E-state index in [1.54, 1.807) is 0 Å². The molecule has 1 aliphatic carbocycles.